The zero-order chi connectivity index (χ0) is 79.1. The zero-order valence-corrected chi connectivity index (χ0v) is 70.4. The molecule has 0 saturated carbocycles. The molecule has 4 fully saturated rings. The molecule has 31 nitrogen and oxygen atoms in total. The smallest absolute Gasteiger partial charge is 0.411 e. The predicted molar refractivity (Wildman–Crippen MR) is 405 cm³/mol. The van der Waals surface area contributed by atoms with Gasteiger partial charge in [0.05, 0.1) is 109 Å². The Morgan fingerprint density at radius 1 is 0.872 bits per heavy atom. The van der Waals surface area contributed by atoms with Gasteiger partial charge >= 0.3 is 6.09 Å². The molecule has 2 aromatic carbocycles. The van der Waals surface area contributed by atoms with E-state index in [1.54, 1.807) is 69.9 Å². The largest absolute Gasteiger partial charge is 0.668 e. The summed E-state index contributed by atoms with van der Waals surface area (Å²) < 4.78 is 78.1. The maximum absolute atomic E-state index is 14.6. The van der Waals surface area contributed by atoms with E-state index in [1.165, 1.54) is 69.1 Å². The van der Waals surface area contributed by atoms with Crippen LogP contribution < -0.4 is 35.2 Å². The van der Waals surface area contributed by atoms with Crippen molar-refractivity contribution in [3.05, 3.63) is 85.3 Å². The molecule has 4 amide bonds. The first kappa shape index (κ1) is 91.1. The van der Waals surface area contributed by atoms with Crippen molar-refractivity contribution in [2.75, 3.05) is 61.1 Å². The van der Waals surface area contributed by atoms with Gasteiger partial charge in [-0.25, -0.2) is 10.2 Å². The molecular formula is C73H96IN6O25S3Y-. The number of amides is 4. The number of alkyl carbamates (subject to hydrolysis) is 1. The van der Waals surface area contributed by atoms with E-state index in [0.29, 0.717) is 33.6 Å². The van der Waals surface area contributed by atoms with Gasteiger partial charge in [-0.2, -0.15) is 10.6 Å². The number of carbonyl (C=O) groups is 6. The van der Waals surface area contributed by atoms with Crippen molar-refractivity contribution < 1.29 is 153 Å². The van der Waals surface area contributed by atoms with E-state index in [0.717, 1.165) is 24.4 Å². The van der Waals surface area contributed by atoms with Gasteiger partial charge in [0.1, 0.15) is 42.4 Å². The number of ether oxygens (including phenoxy) is 13. The van der Waals surface area contributed by atoms with E-state index in [1.807, 2.05) is 43.4 Å². The fraction of sp³-hybridized carbons (Fsp3) is 0.603. The van der Waals surface area contributed by atoms with Gasteiger partial charge < -0.3 is 103 Å². The van der Waals surface area contributed by atoms with Crippen molar-refractivity contribution in [1.82, 2.24) is 21.1 Å². The first-order chi connectivity index (χ1) is 51.3. The fourth-order valence-electron chi connectivity index (χ4n) is 13.0. The molecule has 4 saturated heterocycles. The van der Waals surface area contributed by atoms with Gasteiger partial charge in [-0.05, 0) is 138 Å². The van der Waals surface area contributed by atoms with E-state index in [4.69, 9.17) is 72.2 Å². The van der Waals surface area contributed by atoms with Crippen LogP contribution in [0.1, 0.15) is 115 Å². The Labute approximate surface area is 684 Å². The summed E-state index contributed by atoms with van der Waals surface area (Å²) in [5.41, 5.74) is 11.6. The van der Waals surface area contributed by atoms with Crippen LogP contribution in [0.5, 0.6) is 23.0 Å². The summed E-state index contributed by atoms with van der Waals surface area (Å²) in [6, 6.07) is 5.30. The van der Waals surface area contributed by atoms with Crippen molar-refractivity contribution >= 4 is 96.4 Å². The molecule has 2 bridgehead atoms. The van der Waals surface area contributed by atoms with Crippen LogP contribution >= 0.6 is 55.9 Å². The predicted octanol–water partition coefficient (Wildman–Crippen LogP) is 5.62. The Morgan fingerprint density at radius 3 is 2.21 bits per heavy atom. The Bertz CT molecular complexity index is 3810. The van der Waals surface area contributed by atoms with Gasteiger partial charge in [-0.1, -0.05) is 63.1 Å². The molecule has 4 heterocycles. The second-order valence-corrected chi connectivity index (χ2v) is 32.0. The Hall–Kier alpha value is -5.05. The molecule has 597 valence electrons. The van der Waals surface area contributed by atoms with Crippen molar-refractivity contribution in [3.8, 4) is 46.7 Å². The molecule has 2 aromatic rings. The minimum absolute atomic E-state index is 0. The van der Waals surface area contributed by atoms with Crippen molar-refractivity contribution in [1.29, 1.82) is 0 Å². The van der Waals surface area contributed by atoms with Crippen molar-refractivity contribution in [3.63, 3.8) is 0 Å². The Kier molecular flexibility index (Phi) is 35.0. The maximum atomic E-state index is 14.6. The number of halogens is 1. The number of hydrogen-bond donors (Lipinski definition) is 8. The molecule has 6 aliphatic rings. The van der Waals surface area contributed by atoms with Gasteiger partial charge in [0.2, 0.25) is 29.0 Å². The average Bonchev–Trinajstić information content (AvgIpc) is 0.755. The number of allylic oxidation sites excluding steroid dienone is 3. The maximum Gasteiger partial charge on any atom is 0.411 e. The van der Waals surface area contributed by atoms with E-state index in [2.05, 4.69) is 45.0 Å². The number of nitrogens with zero attached hydrogens (tertiary/aromatic N) is 2. The third kappa shape index (κ3) is 23.1. The number of aliphatic hydroxyl groups excluding tert-OH is 4. The number of aliphatic hydroxyl groups is 5. The Balaban J connectivity index is 0.0000165. The number of carbonyl (C=O) groups excluding carboxylic acids is 6. The minimum atomic E-state index is -2.23. The SMILES string of the molecule is CCN(C(C)=O)[C@H]1CO[C@@H](O[C@H]2[C@H](O[C@@H]3C#C/C=C\C#C[C@]4(O)CC(=O)C(NC(=O)OC)=C3/C4=C\CSSC(C)(C)CC(=O)N/N=C(\C)c3ccc(OCCCC([NH-])=O)cc3)O[C@H](C)C(NO[C@H]3C[C@H](O)[C@H](SC(=O)c4c(C)c(I)c(O[C@@H]5O[C@@H](C)[C@H](O)[C@@H](OC)[C@H]5O)c(OC)c4OC)[C@@H](C)O3)[C@@H]2O)C[C@@H]1OC.[Y]. The van der Waals surface area contributed by atoms with Gasteiger partial charge in [-0.15, -0.1) is 0 Å². The second-order valence-electron chi connectivity index (χ2n) is 26.7. The number of ketones is 1. The quantitative estimate of drug-likeness (QED) is 0.0113. The number of likely N-dealkylation sites (N-methyl/N-ethyl adjacent to an activating group) is 1. The van der Waals surface area contributed by atoms with Crippen molar-refractivity contribution in [2.45, 2.75) is 221 Å². The van der Waals surface area contributed by atoms with Crippen LogP contribution in [-0.4, -0.2) is 252 Å². The topological polar surface area (TPSA) is 408 Å². The minimum Gasteiger partial charge on any atom is -0.668 e. The molecule has 1 radical (unpaired) electrons. The van der Waals surface area contributed by atoms with Crippen LogP contribution in [0.2, 0.25) is 0 Å². The summed E-state index contributed by atoms with van der Waals surface area (Å²) in [7, 11) is 9.27. The van der Waals surface area contributed by atoms with E-state index in [-0.39, 0.29) is 129 Å². The van der Waals surface area contributed by atoms with Crippen LogP contribution in [0.3, 0.4) is 0 Å². The second kappa shape index (κ2) is 41.8. The standard InChI is InChI=1S/C73H97IN6O25S3.Y/c1-15-80(41(7)81)45-35-98-52(32-49(45)92-10)103-65-60(87)57(79-105-53-31-46(82)67(40(6)99-53)107-68(89)54-36(2)56(74)63(66(95-13)62(54)93-11)104-69-61(88)64(94-12)59(86)39(5)101-69)38(4)100-70(65)102-48-21-18-16-17-19-28-73(91)33-47(83)58(76-71(90)96-14)55(48)44(73)27-30-106-108-72(8,9)34-51(85)78-77-37(3)42-23-25-43(26-24-42)97-29-20-22-50(75)84;/h16-17,23-27,38-40,45-46,48-49,52-53,57,59-61,64-65,67,69-70,79,82,86-88,91H,15,20,22,29-35H2,1-14H3,(H4,75,76,78,84,85,90);/p-1/b17-16-,44-27+,77-37+;/t38-,39+,40-,45+,46+,48-,49+,52+,53+,57?,59+,60+,61-,64-,65-,67-,69+,70+,73+;/m1./s1. The molecule has 0 aromatic heterocycles. The van der Waals surface area contributed by atoms with Gasteiger partial charge in [0, 0.05) is 107 Å². The summed E-state index contributed by atoms with van der Waals surface area (Å²) in [6.07, 6.45) is -15.4. The van der Waals surface area contributed by atoms with Gasteiger partial charge in [0.25, 0.3) is 0 Å². The monoisotopic (exact) mass is 1770 g/mol. The van der Waals surface area contributed by atoms with Gasteiger partial charge in [-0.3, -0.25) is 29.3 Å². The van der Waals surface area contributed by atoms with Crippen LogP contribution in [0.15, 0.2) is 64.4 Å². The average molecular weight is 1770 g/mol. The van der Waals surface area contributed by atoms with Crippen LogP contribution in [0.25, 0.3) is 5.73 Å². The number of rotatable bonds is 31. The van der Waals surface area contributed by atoms with Crippen LogP contribution in [-0.2, 0) is 99.4 Å². The number of Topliss-reactive ketones (excluding diaryl/α,β-unsaturated/α-hetero) is 1. The number of hydrazone groups is 1. The molecule has 8 rings (SSSR count). The van der Waals surface area contributed by atoms with E-state index in [9.17, 15) is 54.3 Å². The molecule has 19 atom stereocenters. The molecule has 109 heavy (non-hydrogen) atoms. The molecule has 2 aliphatic carbocycles. The molecule has 0 spiro atoms. The summed E-state index contributed by atoms with van der Waals surface area (Å²) in [4.78, 5) is 87.4. The number of benzene rings is 2. The van der Waals surface area contributed by atoms with Crippen LogP contribution in [0.4, 0.5) is 4.79 Å². The first-order valence-electron chi connectivity index (χ1n) is 34.9. The fourth-order valence-corrected chi connectivity index (χ4v) is 17.1. The molecule has 1 unspecified atom stereocenters. The normalized spacial score (nSPS) is 30.4. The first-order valence-corrected chi connectivity index (χ1v) is 39.1. The van der Waals surface area contributed by atoms with E-state index >= 15 is 0 Å². The van der Waals surface area contributed by atoms with Gasteiger partial charge in [0.15, 0.2) is 41.8 Å². The summed E-state index contributed by atoms with van der Waals surface area (Å²) in [6.45, 7) is 15.8. The Morgan fingerprint density at radius 2 is 1.57 bits per heavy atom. The number of hydroxylamine groups is 1. The number of methoxy groups -OCH3 is 5. The zero-order valence-electron chi connectivity index (χ0n) is 63.0. The summed E-state index contributed by atoms with van der Waals surface area (Å²) in [5, 5.41) is 64.5. The van der Waals surface area contributed by atoms with Crippen molar-refractivity contribution in [2.24, 2.45) is 5.10 Å². The molecule has 36 heteroatoms. The third-order valence-corrected chi connectivity index (χ3v) is 24.4. The number of nitrogens with one attached hydrogen (secondary N) is 4. The molecular weight excluding hydrogens is 1670 g/mol. The number of thioether (sulfide) groups is 1. The summed E-state index contributed by atoms with van der Waals surface area (Å²) >= 11 is 2.78. The number of fused-ring (bicyclic) bond motifs is 2. The van der Waals surface area contributed by atoms with E-state index < -0.39 is 149 Å². The summed E-state index contributed by atoms with van der Waals surface area (Å²) in [5.74, 6) is 10.2. The molecule has 9 N–H and O–H groups in total. The third-order valence-electron chi connectivity index (χ3n) is 18.6. The molecule has 4 aliphatic heterocycles. The van der Waals surface area contributed by atoms with Crippen LogP contribution in [0, 0.1) is 34.2 Å². The number of hydrogen-bond acceptors (Lipinski definition) is 30.